The Hall–Kier alpha value is -9.51. The number of hydrogen-bond donors (Lipinski definition) is 4. The molecule has 0 bridgehead atoms. The standard InChI is InChI=1S/C14H19N.C13H18N2.4C13H17N.C13H16S.C12H16O2/c1-14(2,3)10-11-6-5-7-13-12(11)8-9-15(13)4;1-13(2,3)9-12-14-10-7-5-6-8-11(10)15(12)4;1-13(2,3)9-10-4-5-12-11(8-10)6-7-14-12;1-13(2,3)9-10-4-5-11-6-7-14-12(11)8-10;1-13(2,3)9-10-5-4-6-12-11(10)7-8-14-12;2*1-13(2,3)9-11-6-4-5-10-7-8-14-12(10)11;1-12(2,3)7-9-4-5-10-11(6-9)14-8-13-10/h5-9H,10H2,1-4H3;5-8H,9H2,1-4H3;4*4-8,14H,9H2,1-3H3;4-8H,9H2,1-3H3;4-6H,7-8H2,1-3H3. The van der Waals surface area contributed by atoms with Crippen molar-refractivity contribution in [2.24, 2.45) is 57.4 Å². The van der Waals surface area contributed by atoms with Crippen molar-refractivity contribution in [1.82, 2.24) is 34.1 Å². The highest BCUT2D eigenvalue weighted by Crippen LogP contribution is 2.36. The normalized spacial score (nSPS) is 12.5. The molecule has 0 aliphatic carbocycles. The molecular weight excluding hydrogens is 1410 g/mol. The molecule has 16 rings (SSSR count). The van der Waals surface area contributed by atoms with Crippen molar-refractivity contribution in [1.29, 1.82) is 0 Å². The van der Waals surface area contributed by atoms with E-state index in [4.69, 9.17) is 9.47 Å². The molecule has 10 heteroatoms. The van der Waals surface area contributed by atoms with Gasteiger partial charge in [-0.2, -0.15) is 0 Å². The van der Waals surface area contributed by atoms with Crippen molar-refractivity contribution in [2.45, 2.75) is 218 Å². The molecule has 0 spiro atoms. The van der Waals surface area contributed by atoms with Gasteiger partial charge in [-0.05, 0) is 245 Å². The summed E-state index contributed by atoms with van der Waals surface area (Å²) < 4.78 is 16.4. The van der Waals surface area contributed by atoms with Crippen molar-refractivity contribution in [3.63, 3.8) is 0 Å². The molecular formula is C104H137N7O2S. The lowest BCUT2D eigenvalue weighted by molar-refractivity contribution is 0.174. The largest absolute Gasteiger partial charge is 0.454 e. The Morgan fingerprint density at radius 3 is 1.46 bits per heavy atom. The van der Waals surface area contributed by atoms with Gasteiger partial charge in [0.05, 0.1) is 11.0 Å². The Labute approximate surface area is 688 Å². The second-order valence-corrected chi connectivity index (χ2v) is 42.1. The van der Waals surface area contributed by atoms with E-state index >= 15 is 0 Å². The van der Waals surface area contributed by atoms with Crippen molar-refractivity contribution in [2.75, 3.05) is 6.79 Å². The Bertz CT molecular complexity index is 5210. The maximum absolute atomic E-state index is 5.33. The average molecular weight is 1550 g/mol. The lowest BCUT2D eigenvalue weighted by Gasteiger charge is -2.18. The van der Waals surface area contributed by atoms with E-state index in [2.05, 4.69) is 402 Å². The number of aromatic nitrogens is 7. The van der Waals surface area contributed by atoms with Crippen LogP contribution in [0.4, 0.5) is 0 Å². The molecule has 8 aromatic carbocycles. The quantitative estimate of drug-likeness (QED) is 0.122. The zero-order valence-corrected chi connectivity index (χ0v) is 75.1. The Balaban J connectivity index is 0.000000149. The van der Waals surface area contributed by atoms with Crippen LogP contribution in [-0.4, -0.2) is 40.8 Å². The molecule has 9 nitrogen and oxygen atoms in total. The van der Waals surface area contributed by atoms with E-state index < -0.39 is 0 Å². The highest BCUT2D eigenvalue weighted by Gasteiger charge is 2.22. The van der Waals surface area contributed by atoms with Crippen LogP contribution in [0.3, 0.4) is 0 Å². The first-order valence-electron chi connectivity index (χ1n) is 41.3. The van der Waals surface area contributed by atoms with E-state index in [-0.39, 0.29) is 5.41 Å². The van der Waals surface area contributed by atoms with Gasteiger partial charge in [0.15, 0.2) is 11.5 Å². The molecule has 15 aromatic rings. The minimum atomic E-state index is 0.287. The number of benzene rings is 8. The van der Waals surface area contributed by atoms with Crippen molar-refractivity contribution >= 4 is 87.0 Å². The molecule has 114 heavy (non-hydrogen) atoms. The number of fused-ring (bicyclic) bond motifs is 8. The summed E-state index contributed by atoms with van der Waals surface area (Å²) in [6.45, 7) is 54.8. The SMILES string of the molecule is CC(C)(C)Cc1ccc2[nH]ccc2c1.CC(C)(C)Cc1ccc2c(c1)OCO2.CC(C)(C)Cc1ccc2cc[nH]c2c1.CC(C)(C)Cc1cccc2[nH]ccc12.CC(C)(C)Cc1cccc2cc[nH]c12.CC(C)(C)Cc1cccc2ccsc12.Cn1c(CC(C)(C)C)nc2ccccc21.Cn1ccc2c(CC(C)(C)C)cccc21. The van der Waals surface area contributed by atoms with Crippen LogP contribution >= 0.6 is 11.3 Å². The molecule has 0 atom stereocenters. The molecule has 1 aliphatic rings. The predicted molar refractivity (Wildman–Crippen MR) is 496 cm³/mol. The van der Waals surface area contributed by atoms with Crippen LogP contribution in [0.15, 0.2) is 224 Å². The number of aromatic amines is 4. The topological polar surface area (TPSA) is 104 Å². The second-order valence-electron chi connectivity index (χ2n) is 41.2. The number of ether oxygens (including phenoxy) is 2. The Morgan fingerprint density at radius 1 is 0.342 bits per heavy atom. The van der Waals surface area contributed by atoms with Gasteiger partial charge in [-0.3, -0.25) is 0 Å². The monoisotopic (exact) mass is 1550 g/mol. The molecule has 1 aliphatic heterocycles. The lowest BCUT2D eigenvalue weighted by atomic mass is 9.87. The van der Waals surface area contributed by atoms with E-state index in [0.717, 1.165) is 68.4 Å². The van der Waals surface area contributed by atoms with E-state index in [1.807, 2.05) is 48.3 Å². The number of hydrogen-bond acceptors (Lipinski definition) is 4. The van der Waals surface area contributed by atoms with Gasteiger partial charge in [-0.15, -0.1) is 11.3 Å². The predicted octanol–water partition coefficient (Wildman–Crippen LogP) is 29.4. The number of nitrogens with one attached hydrogen (secondary N) is 4. The third-order valence-corrected chi connectivity index (χ3v) is 20.3. The van der Waals surface area contributed by atoms with Gasteiger partial charge in [-0.1, -0.05) is 263 Å². The molecule has 0 radical (unpaired) electrons. The average Bonchev–Trinajstić information content (AvgIpc) is 1.66. The maximum atomic E-state index is 5.33. The van der Waals surface area contributed by atoms with Gasteiger partial charge in [0.1, 0.15) is 5.82 Å². The van der Waals surface area contributed by atoms with Gasteiger partial charge >= 0.3 is 0 Å². The maximum Gasteiger partial charge on any atom is 0.231 e. The van der Waals surface area contributed by atoms with Crippen molar-refractivity contribution in [3.05, 3.63) is 269 Å². The van der Waals surface area contributed by atoms with Crippen LogP contribution < -0.4 is 9.47 Å². The molecule has 0 saturated carbocycles. The summed E-state index contributed by atoms with van der Waals surface area (Å²) in [5, 5.41) is 10.2. The fourth-order valence-corrected chi connectivity index (χ4v) is 15.6. The summed E-state index contributed by atoms with van der Waals surface area (Å²) in [5.74, 6) is 2.91. The fourth-order valence-electron chi connectivity index (χ4n) is 14.7. The molecule has 606 valence electrons. The van der Waals surface area contributed by atoms with E-state index in [9.17, 15) is 0 Å². The number of aryl methyl sites for hydroxylation is 2. The number of H-pyrrole nitrogens is 4. The summed E-state index contributed by atoms with van der Waals surface area (Å²) in [7, 11) is 4.19. The number of para-hydroxylation sites is 3. The van der Waals surface area contributed by atoms with Gasteiger partial charge in [0, 0.05) is 94.6 Å². The third kappa shape index (κ3) is 28.2. The smallest absolute Gasteiger partial charge is 0.231 e. The molecule has 8 heterocycles. The van der Waals surface area contributed by atoms with Gasteiger partial charge in [0.2, 0.25) is 6.79 Å². The van der Waals surface area contributed by atoms with Crippen LogP contribution in [0.25, 0.3) is 75.6 Å². The summed E-state index contributed by atoms with van der Waals surface area (Å²) >= 11 is 1.85. The first-order chi connectivity index (χ1) is 53.3. The number of thiophene rings is 1. The van der Waals surface area contributed by atoms with Crippen LogP contribution in [0.2, 0.25) is 0 Å². The molecule has 7 aromatic heterocycles. The summed E-state index contributed by atoms with van der Waals surface area (Å²) in [6.07, 6.45) is 19.0. The van der Waals surface area contributed by atoms with Crippen molar-refractivity contribution < 1.29 is 9.47 Å². The van der Waals surface area contributed by atoms with Crippen molar-refractivity contribution in [3.8, 4) is 11.5 Å². The van der Waals surface area contributed by atoms with Gasteiger partial charge in [0.25, 0.3) is 0 Å². The molecule has 0 amide bonds. The second kappa shape index (κ2) is 37.4. The molecule has 0 unspecified atom stereocenters. The fraction of sp³-hybridized carbons (Fsp3) is 0.413. The number of nitrogens with zero attached hydrogens (tertiary/aromatic N) is 3. The molecule has 0 saturated heterocycles. The van der Waals surface area contributed by atoms with Crippen LogP contribution in [0.1, 0.15) is 211 Å². The van der Waals surface area contributed by atoms with Gasteiger partial charge < -0.3 is 38.5 Å². The third-order valence-electron chi connectivity index (χ3n) is 19.3. The minimum absolute atomic E-state index is 0.287. The number of rotatable bonds is 8. The lowest BCUT2D eigenvalue weighted by Crippen LogP contribution is -2.12. The minimum Gasteiger partial charge on any atom is -0.454 e. The van der Waals surface area contributed by atoms with E-state index in [1.165, 1.54) is 115 Å². The highest BCUT2D eigenvalue weighted by molar-refractivity contribution is 7.17. The Kier molecular flexibility index (Phi) is 29.0. The zero-order valence-electron chi connectivity index (χ0n) is 74.3. The van der Waals surface area contributed by atoms with E-state index in [0.29, 0.717) is 44.7 Å². The van der Waals surface area contributed by atoms with Crippen LogP contribution in [0, 0.1) is 43.3 Å². The summed E-state index contributed by atoms with van der Waals surface area (Å²) in [6, 6.07) is 66.9. The van der Waals surface area contributed by atoms with Gasteiger partial charge in [-0.25, -0.2) is 4.98 Å². The molecule has 0 fully saturated rings. The van der Waals surface area contributed by atoms with Crippen LogP contribution in [-0.2, 0) is 65.5 Å². The van der Waals surface area contributed by atoms with E-state index in [1.54, 1.807) is 0 Å². The summed E-state index contributed by atoms with van der Waals surface area (Å²) in [4.78, 5) is 17.7. The highest BCUT2D eigenvalue weighted by atomic mass is 32.1. The van der Waals surface area contributed by atoms with Crippen LogP contribution in [0.5, 0.6) is 11.5 Å². The zero-order chi connectivity index (χ0) is 83.2. The number of imidazole rings is 1. The molecule has 4 N–H and O–H groups in total. The first kappa shape index (κ1) is 88.4. The summed E-state index contributed by atoms with van der Waals surface area (Å²) in [5.41, 5.74) is 21.3. The Morgan fingerprint density at radius 2 is 0.816 bits per heavy atom. The first-order valence-corrected chi connectivity index (χ1v) is 42.1.